The van der Waals surface area contributed by atoms with Gasteiger partial charge in [-0.3, -0.25) is 9.59 Å². The molecule has 0 aliphatic carbocycles. The molecule has 9 nitrogen and oxygen atoms in total. The number of ether oxygens (including phenoxy) is 1. The summed E-state index contributed by atoms with van der Waals surface area (Å²) < 4.78 is 33.5. The van der Waals surface area contributed by atoms with Gasteiger partial charge in [-0.25, -0.2) is 8.42 Å². The molecule has 3 rings (SSSR count). The molecule has 1 aliphatic rings. The lowest BCUT2D eigenvalue weighted by Crippen LogP contribution is -2.44. The van der Waals surface area contributed by atoms with E-state index in [0.717, 1.165) is 5.56 Å². The number of amides is 1. The maximum atomic E-state index is 12.4. The fourth-order valence-corrected chi connectivity index (χ4v) is 5.04. The van der Waals surface area contributed by atoms with Gasteiger partial charge in [-0.05, 0) is 37.6 Å². The van der Waals surface area contributed by atoms with Crippen LogP contribution in [0.4, 0.5) is 0 Å². The first-order valence-corrected chi connectivity index (χ1v) is 11.6. The summed E-state index contributed by atoms with van der Waals surface area (Å²) in [6.45, 7) is 1.46. The zero-order valence-corrected chi connectivity index (χ0v) is 18.1. The quantitative estimate of drug-likeness (QED) is 0.580. The van der Waals surface area contributed by atoms with Gasteiger partial charge in [0.25, 0.3) is 5.91 Å². The summed E-state index contributed by atoms with van der Waals surface area (Å²) in [7, 11) is -1.59. The van der Waals surface area contributed by atoms with E-state index < -0.39 is 33.9 Å². The Kier molecular flexibility index (Phi) is 6.77. The molecule has 0 radical (unpaired) electrons. The standard InChI is InChI=1S/C19H22ClN3O6S/c1-12(19(25)23(2)15-9-10-30(26,27)11-15)28-17(24)8-7-16-21-18(22-29-16)13-3-5-14(20)6-4-13/h3-6,12,15H,7-11H2,1-2H3/t12-,15-/m1/s1. The summed E-state index contributed by atoms with van der Waals surface area (Å²) in [5.41, 5.74) is 0.730. The van der Waals surface area contributed by atoms with Crippen LogP contribution in [0.1, 0.15) is 25.7 Å². The monoisotopic (exact) mass is 455 g/mol. The molecule has 2 heterocycles. The minimum Gasteiger partial charge on any atom is -0.453 e. The van der Waals surface area contributed by atoms with Crippen LogP contribution in [0.25, 0.3) is 11.4 Å². The molecule has 2 atom stereocenters. The number of carbonyl (C=O) groups excluding carboxylic acids is 2. The zero-order valence-electron chi connectivity index (χ0n) is 16.6. The van der Waals surface area contributed by atoms with E-state index in [1.807, 2.05) is 0 Å². The van der Waals surface area contributed by atoms with Crippen molar-refractivity contribution in [1.82, 2.24) is 15.0 Å². The fraction of sp³-hybridized carbons (Fsp3) is 0.474. The number of hydrogen-bond donors (Lipinski definition) is 0. The van der Waals surface area contributed by atoms with Crippen molar-refractivity contribution in [3.8, 4) is 11.4 Å². The summed E-state index contributed by atoms with van der Waals surface area (Å²) in [5, 5.41) is 4.46. The van der Waals surface area contributed by atoms with Crippen molar-refractivity contribution in [2.75, 3.05) is 18.6 Å². The van der Waals surface area contributed by atoms with Crippen LogP contribution >= 0.6 is 11.6 Å². The van der Waals surface area contributed by atoms with Crippen LogP contribution in [0.15, 0.2) is 28.8 Å². The molecule has 0 spiro atoms. The maximum Gasteiger partial charge on any atom is 0.307 e. The highest BCUT2D eigenvalue weighted by molar-refractivity contribution is 7.91. The summed E-state index contributed by atoms with van der Waals surface area (Å²) in [4.78, 5) is 30.1. The Hall–Kier alpha value is -2.46. The molecule has 1 aromatic heterocycles. The van der Waals surface area contributed by atoms with Crippen molar-refractivity contribution in [3.63, 3.8) is 0 Å². The van der Waals surface area contributed by atoms with E-state index in [1.54, 1.807) is 24.3 Å². The molecule has 0 saturated carbocycles. The highest BCUT2D eigenvalue weighted by Crippen LogP contribution is 2.20. The summed E-state index contributed by atoms with van der Waals surface area (Å²) >= 11 is 5.85. The van der Waals surface area contributed by atoms with Crippen molar-refractivity contribution in [3.05, 3.63) is 35.2 Å². The van der Waals surface area contributed by atoms with E-state index >= 15 is 0 Å². The minimum atomic E-state index is -3.11. The first-order chi connectivity index (χ1) is 14.1. The molecule has 1 amide bonds. The second kappa shape index (κ2) is 9.13. The predicted octanol–water partition coefficient (Wildman–Crippen LogP) is 1.90. The second-order valence-electron chi connectivity index (χ2n) is 7.16. The lowest BCUT2D eigenvalue weighted by molar-refractivity contribution is -0.159. The van der Waals surface area contributed by atoms with Gasteiger partial charge in [-0.2, -0.15) is 4.98 Å². The Morgan fingerprint density at radius 1 is 1.33 bits per heavy atom. The lowest BCUT2D eigenvalue weighted by atomic mass is 10.2. The molecule has 1 saturated heterocycles. The van der Waals surface area contributed by atoms with Crippen LogP contribution in [0.3, 0.4) is 0 Å². The number of esters is 1. The molecule has 1 fully saturated rings. The zero-order chi connectivity index (χ0) is 21.9. The number of halogens is 1. The van der Waals surface area contributed by atoms with Gasteiger partial charge >= 0.3 is 5.97 Å². The van der Waals surface area contributed by atoms with E-state index in [2.05, 4.69) is 10.1 Å². The highest BCUT2D eigenvalue weighted by atomic mass is 35.5. The number of rotatable bonds is 7. The van der Waals surface area contributed by atoms with Crippen molar-refractivity contribution >= 4 is 33.3 Å². The fourth-order valence-electron chi connectivity index (χ4n) is 3.14. The first-order valence-electron chi connectivity index (χ1n) is 9.40. The Labute approximate surface area is 179 Å². The van der Waals surface area contributed by atoms with Gasteiger partial charge in [0.05, 0.1) is 17.9 Å². The summed E-state index contributed by atoms with van der Waals surface area (Å²) in [6.07, 6.45) is -0.505. The summed E-state index contributed by atoms with van der Waals surface area (Å²) in [5.74, 6) is -0.382. The van der Waals surface area contributed by atoms with Gasteiger partial charge in [0.1, 0.15) is 0 Å². The number of nitrogens with zero attached hydrogens (tertiary/aromatic N) is 3. The average Bonchev–Trinajstić information content (AvgIpc) is 3.32. The van der Waals surface area contributed by atoms with Crippen LogP contribution in [0.5, 0.6) is 0 Å². The Bertz CT molecular complexity index is 1020. The van der Waals surface area contributed by atoms with Gasteiger partial charge < -0.3 is 14.2 Å². The molecule has 1 aromatic carbocycles. The minimum absolute atomic E-state index is 0.0403. The normalized spacial score (nSPS) is 18.7. The molecular weight excluding hydrogens is 434 g/mol. The van der Waals surface area contributed by atoms with Gasteiger partial charge in [0, 0.05) is 30.1 Å². The lowest BCUT2D eigenvalue weighted by Gasteiger charge is -2.26. The molecular formula is C19H22ClN3O6S. The molecule has 162 valence electrons. The molecule has 0 unspecified atom stereocenters. The van der Waals surface area contributed by atoms with Crippen LogP contribution in [0.2, 0.25) is 5.02 Å². The van der Waals surface area contributed by atoms with E-state index in [9.17, 15) is 18.0 Å². The van der Waals surface area contributed by atoms with E-state index in [0.29, 0.717) is 17.3 Å². The predicted molar refractivity (Wildman–Crippen MR) is 108 cm³/mol. The number of benzene rings is 1. The Morgan fingerprint density at radius 2 is 2.03 bits per heavy atom. The summed E-state index contributed by atoms with van der Waals surface area (Å²) in [6, 6.07) is 6.53. The van der Waals surface area contributed by atoms with Gasteiger partial charge in [0.15, 0.2) is 15.9 Å². The van der Waals surface area contributed by atoms with Crippen molar-refractivity contribution in [2.24, 2.45) is 0 Å². The van der Waals surface area contributed by atoms with Gasteiger partial charge in [-0.1, -0.05) is 16.8 Å². The molecule has 1 aliphatic heterocycles. The number of hydrogen-bond acceptors (Lipinski definition) is 8. The number of aryl methyl sites for hydroxylation is 1. The Balaban J connectivity index is 1.48. The van der Waals surface area contributed by atoms with Crippen LogP contribution in [-0.4, -0.2) is 66.0 Å². The van der Waals surface area contributed by atoms with E-state index in [-0.39, 0.29) is 30.2 Å². The number of carbonyl (C=O) groups is 2. The van der Waals surface area contributed by atoms with Gasteiger partial charge in [-0.15, -0.1) is 0 Å². The van der Waals surface area contributed by atoms with Crippen LogP contribution in [-0.2, 0) is 30.6 Å². The molecule has 11 heteroatoms. The van der Waals surface area contributed by atoms with Crippen molar-refractivity contribution in [2.45, 2.75) is 38.3 Å². The van der Waals surface area contributed by atoms with Crippen molar-refractivity contribution < 1.29 is 27.3 Å². The second-order valence-corrected chi connectivity index (χ2v) is 9.82. The maximum absolute atomic E-state index is 12.4. The third kappa shape index (κ3) is 5.57. The third-order valence-corrected chi connectivity index (χ3v) is 6.88. The molecule has 2 aromatic rings. The smallest absolute Gasteiger partial charge is 0.307 e. The molecule has 30 heavy (non-hydrogen) atoms. The number of sulfone groups is 1. The number of likely N-dealkylation sites (N-methyl/N-ethyl adjacent to an activating group) is 1. The Morgan fingerprint density at radius 3 is 2.67 bits per heavy atom. The van der Waals surface area contributed by atoms with Crippen LogP contribution in [0, 0.1) is 0 Å². The topological polar surface area (TPSA) is 120 Å². The average molecular weight is 456 g/mol. The van der Waals surface area contributed by atoms with Crippen molar-refractivity contribution in [1.29, 1.82) is 0 Å². The van der Waals surface area contributed by atoms with Crippen LogP contribution < -0.4 is 0 Å². The van der Waals surface area contributed by atoms with Gasteiger partial charge in [0.2, 0.25) is 11.7 Å². The van der Waals surface area contributed by atoms with E-state index in [4.69, 9.17) is 20.9 Å². The highest BCUT2D eigenvalue weighted by Gasteiger charge is 2.34. The first kappa shape index (κ1) is 22.2. The van der Waals surface area contributed by atoms with E-state index in [1.165, 1.54) is 18.9 Å². The third-order valence-electron chi connectivity index (χ3n) is 4.87. The number of aromatic nitrogens is 2. The molecule has 0 N–H and O–H groups in total. The SMILES string of the molecule is C[C@@H](OC(=O)CCc1nc(-c2ccc(Cl)cc2)no1)C(=O)N(C)[C@@H]1CCS(=O)(=O)C1. The largest absolute Gasteiger partial charge is 0.453 e. The molecule has 0 bridgehead atoms.